The summed E-state index contributed by atoms with van der Waals surface area (Å²) in [6, 6.07) is 1.82. The van der Waals surface area contributed by atoms with Crippen molar-refractivity contribution in [2.75, 3.05) is 19.0 Å². The van der Waals surface area contributed by atoms with Crippen LogP contribution in [0.15, 0.2) is 12.3 Å². The molecular weight excluding hydrogens is 266 g/mol. The number of ether oxygens (including phenoxy) is 1. The average Bonchev–Trinajstić information content (AvgIpc) is 2.70. The first-order chi connectivity index (χ1) is 9.13. The van der Waals surface area contributed by atoms with E-state index in [4.69, 9.17) is 16.3 Å². The lowest BCUT2D eigenvalue weighted by Crippen LogP contribution is -2.08. The number of nitrogens with zero attached hydrogens (tertiary/aromatic N) is 4. The number of hydrogen-bond donors (Lipinski definition) is 1. The third-order valence-electron chi connectivity index (χ3n) is 2.46. The van der Waals surface area contributed by atoms with Crippen molar-refractivity contribution in [3.05, 3.63) is 28.8 Å². The second-order valence-corrected chi connectivity index (χ2v) is 4.41. The van der Waals surface area contributed by atoms with Gasteiger partial charge >= 0.3 is 0 Å². The summed E-state index contributed by atoms with van der Waals surface area (Å²) in [5, 5.41) is 8.07. The van der Waals surface area contributed by atoms with Crippen molar-refractivity contribution >= 4 is 17.4 Å². The summed E-state index contributed by atoms with van der Waals surface area (Å²) in [5.74, 6) is 2.00. The van der Waals surface area contributed by atoms with Gasteiger partial charge in [-0.1, -0.05) is 11.6 Å². The monoisotopic (exact) mass is 281 g/mol. The summed E-state index contributed by atoms with van der Waals surface area (Å²) in [6.45, 7) is 4.98. The summed E-state index contributed by atoms with van der Waals surface area (Å²) < 4.78 is 6.71. The summed E-state index contributed by atoms with van der Waals surface area (Å²) in [5.41, 5.74) is 0.763. The summed E-state index contributed by atoms with van der Waals surface area (Å²) >= 11 is 6.01. The van der Waals surface area contributed by atoms with E-state index in [1.807, 2.05) is 19.9 Å². The molecule has 0 aromatic carbocycles. The Morgan fingerprint density at radius 3 is 2.79 bits per heavy atom. The van der Waals surface area contributed by atoms with Crippen molar-refractivity contribution in [1.82, 2.24) is 19.7 Å². The van der Waals surface area contributed by atoms with E-state index in [1.165, 1.54) is 0 Å². The summed E-state index contributed by atoms with van der Waals surface area (Å²) in [4.78, 5) is 8.74. The number of aromatic nitrogens is 4. The van der Waals surface area contributed by atoms with Gasteiger partial charge in [0, 0.05) is 19.7 Å². The highest BCUT2D eigenvalue weighted by Gasteiger charge is 2.09. The maximum atomic E-state index is 6.01. The molecule has 0 aliphatic carbocycles. The van der Waals surface area contributed by atoms with Crippen LogP contribution in [0.25, 0.3) is 5.82 Å². The molecule has 0 spiro atoms. The van der Waals surface area contributed by atoms with Crippen LogP contribution in [0.1, 0.15) is 18.4 Å². The minimum Gasteiger partial charge on any atom is -0.377 e. The zero-order valence-corrected chi connectivity index (χ0v) is 11.9. The van der Waals surface area contributed by atoms with E-state index in [0.29, 0.717) is 23.3 Å². The Labute approximate surface area is 116 Å². The van der Waals surface area contributed by atoms with Gasteiger partial charge in [0.2, 0.25) is 0 Å². The molecule has 7 heteroatoms. The standard InChI is InChI=1S/C12H16ClN5O/c1-4-14-10-5-12(16-11(15-10)7-19-3)18-6-9(13)8(2)17-18/h5-6H,4,7H2,1-3H3,(H,14,15,16). The Kier molecular flexibility index (Phi) is 4.34. The van der Waals surface area contributed by atoms with Crippen molar-refractivity contribution < 1.29 is 4.74 Å². The van der Waals surface area contributed by atoms with Gasteiger partial charge in [0.05, 0.1) is 16.9 Å². The van der Waals surface area contributed by atoms with Crippen molar-refractivity contribution in [3.8, 4) is 5.82 Å². The quantitative estimate of drug-likeness (QED) is 0.910. The molecule has 0 aliphatic heterocycles. The fourth-order valence-corrected chi connectivity index (χ4v) is 1.75. The molecule has 0 saturated heterocycles. The second-order valence-electron chi connectivity index (χ2n) is 4.00. The van der Waals surface area contributed by atoms with Crippen LogP contribution in [-0.4, -0.2) is 33.4 Å². The molecular formula is C12H16ClN5O. The number of rotatable bonds is 5. The van der Waals surface area contributed by atoms with Crippen molar-refractivity contribution in [2.45, 2.75) is 20.5 Å². The van der Waals surface area contributed by atoms with E-state index < -0.39 is 0 Å². The molecule has 2 rings (SSSR count). The minimum absolute atomic E-state index is 0.347. The Morgan fingerprint density at radius 1 is 1.42 bits per heavy atom. The van der Waals surface area contributed by atoms with Crippen LogP contribution in [0.4, 0.5) is 5.82 Å². The van der Waals surface area contributed by atoms with Crippen LogP contribution < -0.4 is 5.32 Å². The average molecular weight is 282 g/mol. The molecule has 102 valence electrons. The van der Waals surface area contributed by atoms with E-state index in [-0.39, 0.29) is 0 Å². The molecule has 0 amide bonds. The highest BCUT2D eigenvalue weighted by atomic mass is 35.5. The van der Waals surface area contributed by atoms with Gasteiger partial charge in [-0.05, 0) is 13.8 Å². The van der Waals surface area contributed by atoms with Gasteiger partial charge in [0.1, 0.15) is 12.4 Å². The molecule has 6 nitrogen and oxygen atoms in total. The largest absolute Gasteiger partial charge is 0.377 e. The smallest absolute Gasteiger partial charge is 0.159 e. The predicted molar refractivity (Wildman–Crippen MR) is 73.8 cm³/mol. The number of methoxy groups -OCH3 is 1. The highest BCUT2D eigenvalue weighted by Crippen LogP contribution is 2.17. The van der Waals surface area contributed by atoms with E-state index in [2.05, 4.69) is 20.4 Å². The SMILES string of the molecule is CCNc1cc(-n2cc(Cl)c(C)n2)nc(COC)n1. The maximum absolute atomic E-state index is 6.01. The van der Waals surface area contributed by atoms with Crippen LogP contribution in [-0.2, 0) is 11.3 Å². The predicted octanol–water partition coefficient (Wildman–Crippen LogP) is 2.20. The lowest BCUT2D eigenvalue weighted by atomic mass is 10.4. The number of anilines is 1. The normalized spacial score (nSPS) is 10.7. The second kappa shape index (κ2) is 5.99. The molecule has 0 atom stereocenters. The molecule has 0 aliphatic rings. The van der Waals surface area contributed by atoms with Crippen molar-refractivity contribution in [1.29, 1.82) is 0 Å². The van der Waals surface area contributed by atoms with Crippen molar-refractivity contribution in [3.63, 3.8) is 0 Å². The Morgan fingerprint density at radius 2 is 2.21 bits per heavy atom. The molecule has 19 heavy (non-hydrogen) atoms. The van der Waals surface area contributed by atoms with Crippen LogP contribution in [0.5, 0.6) is 0 Å². The van der Waals surface area contributed by atoms with Gasteiger partial charge in [-0.15, -0.1) is 0 Å². The first kappa shape index (κ1) is 13.8. The third kappa shape index (κ3) is 3.21. The minimum atomic E-state index is 0.347. The van der Waals surface area contributed by atoms with Gasteiger partial charge < -0.3 is 10.1 Å². The van der Waals surface area contributed by atoms with Gasteiger partial charge in [-0.25, -0.2) is 14.6 Å². The van der Waals surface area contributed by atoms with E-state index in [0.717, 1.165) is 18.1 Å². The Bertz CT molecular complexity index is 525. The topological polar surface area (TPSA) is 64.9 Å². The fraction of sp³-hybridized carbons (Fsp3) is 0.417. The third-order valence-corrected chi connectivity index (χ3v) is 2.84. The molecule has 0 bridgehead atoms. The number of halogens is 1. The van der Waals surface area contributed by atoms with Crippen LogP contribution in [0.2, 0.25) is 5.02 Å². The zero-order valence-electron chi connectivity index (χ0n) is 11.1. The van der Waals surface area contributed by atoms with Gasteiger partial charge in [0.25, 0.3) is 0 Å². The van der Waals surface area contributed by atoms with Crippen LogP contribution >= 0.6 is 11.6 Å². The fourth-order valence-electron chi connectivity index (χ4n) is 1.62. The Balaban J connectivity index is 2.42. The zero-order chi connectivity index (χ0) is 13.8. The van der Waals surface area contributed by atoms with E-state index in [1.54, 1.807) is 18.0 Å². The number of nitrogens with one attached hydrogen (secondary N) is 1. The van der Waals surface area contributed by atoms with E-state index >= 15 is 0 Å². The summed E-state index contributed by atoms with van der Waals surface area (Å²) in [7, 11) is 1.61. The molecule has 0 saturated carbocycles. The van der Waals surface area contributed by atoms with Crippen molar-refractivity contribution in [2.24, 2.45) is 0 Å². The highest BCUT2D eigenvalue weighted by molar-refractivity contribution is 6.31. The molecule has 2 aromatic rings. The molecule has 0 radical (unpaired) electrons. The van der Waals surface area contributed by atoms with Crippen LogP contribution in [0.3, 0.4) is 0 Å². The maximum Gasteiger partial charge on any atom is 0.159 e. The van der Waals surface area contributed by atoms with Gasteiger partial charge in [-0.2, -0.15) is 5.10 Å². The number of hydrogen-bond acceptors (Lipinski definition) is 5. The first-order valence-electron chi connectivity index (χ1n) is 5.97. The molecule has 2 heterocycles. The summed E-state index contributed by atoms with van der Waals surface area (Å²) in [6.07, 6.45) is 1.73. The first-order valence-corrected chi connectivity index (χ1v) is 6.34. The Hall–Kier alpha value is -1.66. The molecule has 2 aromatic heterocycles. The van der Waals surface area contributed by atoms with Gasteiger partial charge in [0.15, 0.2) is 11.6 Å². The van der Waals surface area contributed by atoms with Gasteiger partial charge in [-0.3, -0.25) is 0 Å². The lowest BCUT2D eigenvalue weighted by molar-refractivity contribution is 0.178. The van der Waals surface area contributed by atoms with Crippen LogP contribution in [0, 0.1) is 6.92 Å². The number of aryl methyl sites for hydroxylation is 1. The van der Waals surface area contributed by atoms with E-state index in [9.17, 15) is 0 Å². The molecule has 1 N–H and O–H groups in total. The lowest BCUT2D eigenvalue weighted by Gasteiger charge is -2.08. The molecule has 0 fully saturated rings. The molecule has 0 unspecified atom stereocenters.